The lowest BCUT2D eigenvalue weighted by Crippen LogP contribution is -2.26. The molecule has 2 aromatic heterocycles. The quantitative estimate of drug-likeness (QED) is 0.838. The van der Waals surface area contributed by atoms with Crippen molar-refractivity contribution in [1.82, 2.24) is 9.88 Å². The summed E-state index contributed by atoms with van der Waals surface area (Å²) in [5.41, 5.74) is 1.78. The number of hydrogen-bond acceptors (Lipinski definition) is 4. The number of aromatic nitrogens is 1. The zero-order valence-corrected chi connectivity index (χ0v) is 14.5. The van der Waals surface area contributed by atoms with Gasteiger partial charge < -0.3 is 10.2 Å². The lowest BCUT2D eigenvalue weighted by atomic mass is 10.2. The molecule has 2 heterocycles. The Balaban J connectivity index is 2.04. The number of nitrogens with zero attached hydrogens (tertiary/aromatic N) is 2. The number of nitrogens with one attached hydrogen (secondary N) is 1. The molecule has 0 saturated carbocycles. The van der Waals surface area contributed by atoms with Crippen LogP contribution < -0.4 is 5.32 Å². The number of rotatable bonds is 6. The van der Waals surface area contributed by atoms with Crippen LogP contribution in [0.15, 0.2) is 33.6 Å². The summed E-state index contributed by atoms with van der Waals surface area (Å²) in [5, 5.41) is 5.25. The first kappa shape index (κ1) is 16.0. The highest BCUT2D eigenvalue weighted by Gasteiger charge is 2.13. The summed E-state index contributed by atoms with van der Waals surface area (Å²) in [7, 11) is 1.81. The molecule has 0 aliphatic carbocycles. The zero-order valence-electron chi connectivity index (χ0n) is 12.1. The van der Waals surface area contributed by atoms with E-state index in [1.807, 2.05) is 13.1 Å². The van der Waals surface area contributed by atoms with E-state index in [-0.39, 0.29) is 5.91 Å². The average Bonchev–Trinajstić information content (AvgIpc) is 2.89. The fourth-order valence-corrected chi connectivity index (χ4v) is 3.11. The molecule has 0 bridgehead atoms. The topological polar surface area (TPSA) is 45.2 Å². The van der Waals surface area contributed by atoms with Gasteiger partial charge in [-0.2, -0.15) is 0 Å². The van der Waals surface area contributed by atoms with Gasteiger partial charge in [-0.3, -0.25) is 4.79 Å². The maximum Gasteiger partial charge on any atom is 0.254 e. The van der Waals surface area contributed by atoms with Crippen molar-refractivity contribution in [3.05, 3.63) is 44.7 Å². The van der Waals surface area contributed by atoms with Crippen LogP contribution in [0.4, 0.5) is 5.82 Å². The first-order valence-corrected chi connectivity index (χ1v) is 8.45. The molecule has 21 heavy (non-hydrogen) atoms. The highest BCUT2D eigenvalue weighted by atomic mass is 79.9. The maximum absolute atomic E-state index is 12.4. The summed E-state index contributed by atoms with van der Waals surface area (Å²) >= 11 is 5.06. The molecule has 0 fully saturated rings. The standard InChI is InChI=1S/C15H18BrN3OS/c1-3-5-17-14-8-12(4-6-18-14)15(20)19(2)9-11-7-13(16)21-10-11/h4,6-8,10H,3,5,9H2,1-2H3,(H,17,18). The number of hydrogen-bond donors (Lipinski definition) is 1. The van der Waals surface area contributed by atoms with E-state index >= 15 is 0 Å². The molecule has 1 N–H and O–H groups in total. The van der Waals surface area contributed by atoms with Gasteiger partial charge in [0.15, 0.2) is 0 Å². The lowest BCUT2D eigenvalue weighted by Gasteiger charge is -2.17. The minimum absolute atomic E-state index is 0.000675. The highest BCUT2D eigenvalue weighted by Crippen LogP contribution is 2.22. The third kappa shape index (κ3) is 4.54. The predicted molar refractivity (Wildman–Crippen MR) is 90.8 cm³/mol. The van der Waals surface area contributed by atoms with Gasteiger partial charge >= 0.3 is 0 Å². The maximum atomic E-state index is 12.4. The molecule has 0 saturated heterocycles. The summed E-state index contributed by atoms with van der Waals surface area (Å²) in [6, 6.07) is 5.59. The van der Waals surface area contributed by atoms with E-state index in [1.54, 1.807) is 34.6 Å². The van der Waals surface area contributed by atoms with Gasteiger partial charge in [-0.05, 0) is 51.5 Å². The molecule has 0 aromatic carbocycles. The molecule has 1 amide bonds. The molecule has 0 aliphatic rings. The number of carbonyl (C=O) groups is 1. The van der Waals surface area contributed by atoms with Crippen molar-refractivity contribution < 1.29 is 4.79 Å². The zero-order chi connectivity index (χ0) is 15.2. The average molecular weight is 368 g/mol. The van der Waals surface area contributed by atoms with E-state index in [1.165, 1.54) is 0 Å². The van der Waals surface area contributed by atoms with Crippen molar-refractivity contribution >= 4 is 39.0 Å². The van der Waals surface area contributed by atoms with E-state index in [4.69, 9.17) is 0 Å². The molecule has 4 nitrogen and oxygen atoms in total. The van der Waals surface area contributed by atoms with E-state index < -0.39 is 0 Å². The van der Waals surface area contributed by atoms with Crippen LogP contribution in [0.2, 0.25) is 0 Å². The molecule has 6 heteroatoms. The van der Waals surface area contributed by atoms with E-state index in [2.05, 4.69) is 38.5 Å². The Morgan fingerprint density at radius 2 is 2.29 bits per heavy atom. The molecule has 0 atom stereocenters. The fourth-order valence-electron chi connectivity index (χ4n) is 1.91. The normalized spacial score (nSPS) is 10.4. The van der Waals surface area contributed by atoms with Crippen molar-refractivity contribution in [2.45, 2.75) is 19.9 Å². The van der Waals surface area contributed by atoms with Crippen molar-refractivity contribution in [3.63, 3.8) is 0 Å². The predicted octanol–water partition coefficient (Wildman–Crippen LogP) is 4.00. The van der Waals surface area contributed by atoms with Gasteiger partial charge in [0.05, 0.1) is 3.79 Å². The van der Waals surface area contributed by atoms with Gasteiger partial charge in [-0.15, -0.1) is 11.3 Å². The van der Waals surface area contributed by atoms with Crippen molar-refractivity contribution in [3.8, 4) is 0 Å². The Hall–Kier alpha value is -1.40. The monoisotopic (exact) mass is 367 g/mol. The van der Waals surface area contributed by atoms with Gasteiger partial charge in [0, 0.05) is 31.9 Å². The molecule has 2 aromatic rings. The molecule has 0 unspecified atom stereocenters. The van der Waals surface area contributed by atoms with Crippen molar-refractivity contribution in [2.24, 2.45) is 0 Å². The van der Waals surface area contributed by atoms with Gasteiger partial charge in [0.2, 0.25) is 0 Å². The Labute approximate surface area is 137 Å². The van der Waals surface area contributed by atoms with Crippen LogP contribution in [0.1, 0.15) is 29.3 Å². The molecule has 0 radical (unpaired) electrons. The summed E-state index contributed by atoms with van der Waals surface area (Å²) in [6.45, 7) is 3.54. The number of pyridine rings is 1. The minimum Gasteiger partial charge on any atom is -0.370 e. The number of amides is 1. The summed E-state index contributed by atoms with van der Waals surface area (Å²) in [6.07, 6.45) is 2.69. The largest absolute Gasteiger partial charge is 0.370 e. The van der Waals surface area contributed by atoms with Gasteiger partial charge in [-0.25, -0.2) is 4.98 Å². The van der Waals surface area contributed by atoms with Crippen LogP contribution >= 0.6 is 27.3 Å². The molecule has 0 spiro atoms. The summed E-state index contributed by atoms with van der Waals surface area (Å²) in [5.74, 6) is 0.744. The number of thiophene rings is 1. The van der Waals surface area contributed by atoms with Crippen LogP contribution in [0.25, 0.3) is 0 Å². The second-order valence-corrected chi connectivity index (χ2v) is 7.07. The number of anilines is 1. The Kier molecular flexibility index (Phi) is 5.76. The smallest absolute Gasteiger partial charge is 0.254 e. The summed E-state index contributed by atoms with van der Waals surface area (Å²) < 4.78 is 1.08. The van der Waals surface area contributed by atoms with E-state index in [0.29, 0.717) is 12.1 Å². The van der Waals surface area contributed by atoms with Gasteiger partial charge in [0.25, 0.3) is 5.91 Å². The highest BCUT2D eigenvalue weighted by molar-refractivity contribution is 9.11. The van der Waals surface area contributed by atoms with Crippen molar-refractivity contribution in [1.29, 1.82) is 0 Å². The van der Waals surface area contributed by atoms with E-state index in [0.717, 1.165) is 28.1 Å². The van der Waals surface area contributed by atoms with Crippen LogP contribution in [-0.2, 0) is 6.54 Å². The van der Waals surface area contributed by atoms with Crippen LogP contribution in [0.5, 0.6) is 0 Å². The fraction of sp³-hybridized carbons (Fsp3) is 0.333. The molecular formula is C15H18BrN3OS. The van der Waals surface area contributed by atoms with Gasteiger partial charge in [-0.1, -0.05) is 6.92 Å². The van der Waals surface area contributed by atoms with Crippen LogP contribution in [-0.4, -0.2) is 29.4 Å². The third-order valence-electron chi connectivity index (χ3n) is 2.95. The minimum atomic E-state index is -0.000675. The third-order valence-corrected chi connectivity index (χ3v) is 4.50. The SMILES string of the molecule is CCCNc1cc(C(=O)N(C)Cc2csc(Br)c2)ccn1. The molecule has 2 rings (SSSR count). The van der Waals surface area contributed by atoms with Crippen LogP contribution in [0.3, 0.4) is 0 Å². The van der Waals surface area contributed by atoms with Crippen molar-refractivity contribution in [2.75, 3.05) is 18.9 Å². The second kappa shape index (κ2) is 7.56. The Bertz CT molecular complexity index is 614. The number of halogens is 1. The lowest BCUT2D eigenvalue weighted by molar-refractivity contribution is 0.0785. The Morgan fingerprint density at radius 3 is 2.95 bits per heavy atom. The Morgan fingerprint density at radius 1 is 1.48 bits per heavy atom. The first-order chi connectivity index (χ1) is 10.1. The van der Waals surface area contributed by atoms with Crippen LogP contribution in [0, 0.1) is 0 Å². The molecule has 112 valence electrons. The van der Waals surface area contributed by atoms with E-state index in [9.17, 15) is 4.79 Å². The van der Waals surface area contributed by atoms with Gasteiger partial charge in [0.1, 0.15) is 5.82 Å². The number of carbonyl (C=O) groups excluding carboxylic acids is 1. The second-order valence-electron chi connectivity index (χ2n) is 4.78. The molecular weight excluding hydrogens is 350 g/mol. The first-order valence-electron chi connectivity index (χ1n) is 6.78. The molecule has 0 aliphatic heterocycles. The summed E-state index contributed by atoms with van der Waals surface area (Å²) in [4.78, 5) is 18.4.